The number of anilines is 1. The van der Waals surface area contributed by atoms with E-state index in [1.54, 1.807) is 20.8 Å². The highest BCUT2D eigenvalue weighted by Gasteiger charge is 2.32. The molecule has 0 radical (unpaired) electrons. The number of carboxylic acid groups (broad SMARTS) is 1. The summed E-state index contributed by atoms with van der Waals surface area (Å²) in [5, 5.41) is 14.5. The Labute approximate surface area is 125 Å². The predicted molar refractivity (Wildman–Crippen MR) is 83.6 cm³/mol. The van der Waals surface area contributed by atoms with Gasteiger partial charge in [-0.3, -0.25) is 0 Å². The lowest BCUT2D eigenvalue weighted by atomic mass is 9.87. The normalized spacial score (nSPS) is 12.9. The number of carbonyl (C=O) groups excluding carboxylic acids is 1. The smallest absolute Gasteiger partial charge is 0.326 e. The lowest BCUT2D eigenvalue weighted by molar-refractivity contribution is -0.141. The first kappa shape index (κ1) is 17.0. The lowest BCUT2D eigenvalue weighted by Gasteiger charge is -2.28. The van der Waals surface area contributed by atoms with E-state index in [1.807, 2.05) is 38.1 Å². The molecule has 2 amide bonds. The molecule has 0 spiro atoms. The van der Waals surface area contributed by atoms with Crippen LogP contribution in [0.15, 0.2) is 24.3 Å². The summed E-state index contributed by atoms with van der Waals surface area (Å²) in [6.45, 7) is 9.39. The van der Waals surface area contributed by atoms with Crippen molar-refractivity contribution in [1.29, 1.82) is 0 Å². The highest BCUT2D eigenvalue weighted by Crippen LogP contribution is 2.24. The van der Waals surface area contributed by atoms with Gasteiger partial charge in [0, 0.05) is 5.69 Å². The van der Waals surface area contributed by atoms with E-state index in [0.29, 0.717) is 5.69 Å². The first-order valence-corrected chi connectivity index (χ1v) is 7.02. The Balaban J connectivity index is 2.85. The van der Waals surface area contributed by atoms with Crippen molar-refractivity contribution >= 4 is 17.7 Å². The zero-order valence-electron chi connectivity index (χ0n) is 13.2. The van der Waals surface area contributed by atoms with E-state index in [2.05, 4.69) is 10.6 Å². The van der Waals surface area contributed by atoms with E-state index in [9.17, 15) is 14.7 Å². The van der Waals surface area contributed by atoms with E-state index < -0.39 is 23.5 Å². The van der Waals surface area contributed by atoms with Crippen molar-refractivity contribution in [2.75, 3.05) is 5.32 Å². The second-order valence-electron chi connectivity index (χ2n) is 6.48. The van der Waals surface area contributed by atoms with Crippen molar-refractivity contribution < 1.29 is 14.7 Å². The molecule has 1 unspecified atom stereocenters. The number of aliphatic carboxylic acids is 1. The number of rotatable bonds is 4. The Bertz CT molecular complexity index is 518. The van der Waals surface area contributed by atoms with Crippen LogP contribution in [0.2, 0.25) is 0 Å². The van der Waals surface area contributed by atoms with Gasteiger partial charge in [-0.25, -0.2) is 9.59 Å². The first-order chi connectivity index (χ1) is 9.62. The molecule has 5 heteroatoms. The number of nitrogens with one attached hydrogen (secondary N) is 2. The van der Waals surface area contributed by atoms with Gasteiger partial charge in [0.2, 0.25) is 0 Å². The summed E-state index contributed by atoms with van der Waals surface area (Å²) < 4.78 is 0. The highest BCUT2D eigenvalue weighted by atomic mass is 16.4. The van der Waals surface area contributed by atoms with Crippen LogP contribution < -0.4 is 10.6 Å². The summed E-state index contributed by atoms with van der Waals surface area (Å²) in [6, 6.07) is 6.03. The molecule has 1 aromatic carbocycles. The molecule has 1 aromatic rings. The van der Waals surface area contributed by atoms with Crippen LogP contribution in [-0.2, 0) is 4.79 Å². The third kappa shape index (κ3) is 4.77. The summed E-state index contributed by atoms with van der Waals surface area (Å²) in [4.78, 5) is 23.3. The van der Waals surface area contributed by atoms with Crippen molar-refractivity contribution in [3.8, 4) is 0 Å². The maximum Gasteiger partial charge on any atom is 0.326 e. The Morgan fingerprint density at radius 3 is 2.19 bits per heavy atom. The maximum atomic E-state index is 12.1. The van der Waals surface area contributed by atoms with Crippen molar-refractivity contribution in [2.45, 2.75) is 46.6 Å². The lowest BCUT2D eigenvalue weighted by Crippen LogP contribution is -2.50. The average Bonchev–Trinajstić information content (AvgIpc) is 2.34. The quantitative estimate of drug-likeness (QED) is 0.795. The molecule has 3 N–H and O–H groups in total. The maximum absolute atomic E-state index is 12.1. The van der Waals surface area contributed by atoms with Crippen molar-refractivity contribution in [3.05, 3.63) is 29.8 Å². The van der Waals surface area contributed by atoms with Crippen molar-refractivity contribution in [2.24, 2.45) is 5.41 Å². The molecule has 1 rings (SSSR count). The van der Waals surface area contributed by atoms with Crippen LogP contribution >= 0.6 is 0 Å². The Morgan fingerprint density at radius 1 is 1.14 bits per heavy atom. The van der Waals surface area contributed by atoms with Crippen LogP contribution in [0.1, 0.15) is 46.1 Å². The van der Waals surface area contributed by atoms with E-state index >= 15 is 0 Å². The second-order valence-corrected chi connectivity index (χ2v) is 6.48. The van der Waals surface area contributed by atoms with Gasteiger partial charge in [0.1, 0.15) is 6.04 Å². The molecule has 0 heterocycles. The minimum absolute atomic E-state index is 0.263. The van der Waals surface area contributed by atoms with Gasteiger partial charge in [0.05, 0.1) is 0 Å². The molecular weight excluding hydrogens is 268 g/mol. The molecule has 1 atom stereocenters. The summed E-state index contributed by atoms with van der Waals surface area (Å²) in [6.07, 6.45) is 0. The van der Waals surface area contributed by atoms with Gasteiger partial charge >= 0.3 is 12.0 Å². The fourth-order valence-corrected chi connectivity index (χ4v) is 2.05. The number of carbonyl (C=O) groups is 2. The summed E-state index contributed by atoms with van der Waals surface area (Å²) in [5.41, 5.74) is 1.14. The molecule has 0 aliphatic rings. The number of amides is 2. The fourth-order valence-electron chi connectivity index (χ4n) is 2.05. The van der Waals surface area contributed by atoms with Crippen LogP contribution in [0, 0.1) is 5.41 Å². The van der Waals surface area contributed by atoms with E-state index in [-0.39, 0.29) is 5.92 Å². The van der Waals surface area contributed by atoms with Crippen LogP contribution in [0.4, 0.5) is 10.5 Å². The number of carboxylic acids is 1. The monoisotopic (exact) mass is 292 g/mol. The van der Waals surface area contributed by atoms with E-state index in [1.165, 1.54) is 0 Å². The van der Waals surface area contributed by atoms with Gasteiger partial charge in [0.15, 0.2) is 0 Å². The highest BCUT2D eigenvalue weighted by molar-refractivity contribution is 5.93. The number of urea groups is 1. The van der Waals surface area contributed by atoms with Crippen LogP contribution in [-0.4, -0.2) is 23.1 Å². The number of para-hydroxylation sites is 1. The van der Waals surface area contributed by atoms with Crippen molar-refractivity contribution in [1.82, 2.24) is 5.32 Å². The van der Waals surface area contributed by atoms with Gasteiger partial charge in [-0.05, 0) is 23.0 Å². The summed E-state index contributed by atoms with van der Waals surface area (Å²) >= 11 is 0. The minimum atomic E-state index is -1.05. The third-order valence-electron chi connectivity index (χ3n) is 3.22. The molecule has 0 aliphatic heterocycles. The van der Waals surface area contributed by atoms with Crippen LogP contribution in [0.5, 0.6) is 0 Å². The van der Waals surface area contributed by atoms with Crippen LogP contribution in [0.25, 0.3) is 0 Å². The van der Waals surface area contributed by atoms with Crippen molar-refractivity contribution in [3.63, 3.8) is 0 Å². The largest absolute Gasteiger partial charge is 0.480 e. The zero-order valence-corrected chi connectivity index (χ0v) is 13.2. The molecule has 0 saturated heterocycles. The van der Waals surface area contributed by atoms with Gasteiger partial charge < -0.3 is 15.7 Å². The third-order valence-corrected chi connectivity index (χ3v) is 3.22. The predicted octanol–water partition coefficient (Wildman–Crippen LogP) is 3.43. The first-order valence-electron chi connectivity index (χ1n) is 7.02. The average molecular weight is 292 g/mol. The Kier molecular flexibility index (Phi) is 5.35. The SMILES string of the molecule is CC(C)c1ccccc1NC(=O)NC(C(=O)O)C(C)(C)C. The molecule has 0 aliphatic carbocycles. The molecule has 0 saturated carbocycles. The molecular formula is C16H24N2O3. The van der Waals surface area contributed by atoms with Gasteiger partial charge in [-0.15, -0.1) is 0 Å². The number of hydrogen-bond donors (Lipinski definition) is 3. The van der Waals surface area contributed by atoms with Gasteiger partial charge in [-0.1, -0.05) is 52.8 Å². The number of hydrogen-bond acceptors (Lipinski definition) is 2. The second kappa shape index (κ2) is 6.61. The molecule has 0 fully saturated rings. The Hall–Kier alpha value is -2.04. The van der Waals surface area contributed by atoms with Crippen LogP contribution in [0.3, 0.4) is 0 Å². The van der Waals surface area contributed by atoms with E-state index in [4.69, 9.17) is 0 Å². The van der Waals surface area contributed by atoms with Gasteiger partial charge in [0.25, 0.3) is 0 Å². The topological polar surface area (TPSA) is 78.4 Å². The minimum Gasteiger partial charge on any atom is -0.480 e. The summed E-state index contributed by atoms with van der Waals surface area (Å²) in [7, 11) is 0. The molecule has 5 nitrogen and oxygen atoms in total. The van der Waals surface area contributed by atoms with Gasteiger partial charge in [-0.2, -0.15) is 0 Å². The molecule has 116 valence electrons. The van der Waals surface area contributed by atoms with E-state index in [0.717, 1.165) is 5.56 Å². The standard InChI is InChI=1S/C16H24N2O3/c1-10(2)11-8-6-7-9-12(11)17-15(21)18-13(14(19)20)16(3,4)5/h6-10,13H,1-5H3,(H,19,20)(H2,17,18,21). The zero-order chi connectivity index (χ0) is 16.2. The Morgan fingerprint density at radius 2 is 1.71 bits per heavy atom. The molecule has 0 aromatic heterocycles. The molecule has 0 bridgehead atoms. The molecule has 21 heavy (non-hydrogen) atoms. The fraction of sp³-hybridized carbons (Fsp3) is 0.500. The number of benzene rings is 1. The summed E-state index contributed by atoms with van der Waals surface area (Å²) in [5.74, 6) is -0.783.